The maximum Gasteiger partial charge on any atom is 0.253 e. The molecule has 30 heavy (non-hydrogen) atoms. The maximum atomic E-state index is 13.5. The lowest BCUT2D eigenvalue weighted by Crippen LogP contribution is -2.45. The molecule has 0 spiro atoms. The van der Waals surface area contributed by atoms with Crippen LogP contribution < -0.4 is 0 Å². The van der Waals surface area contributed by atoms with Crippen LogP contribution >= 0.6 is 0 Å². The molecule has 4 rings (SSSR count). The smallest absolute Gasteiger partial charge is 0.253 e. The highest BCUT2D eigenvalue weighted by atomic mass is 32.2. The van der Waals surface area contributed by atoms with E-state index in [0.717, 1.165) is 23.7 Å². The molecular formula is C22H30F2N2O3S. The van der Waals surface area contributed by atoms with Crippen LogP contribution in [-0.4, -0.2) is 55.6 Å². The van der Waals surface area contributed by atoms with Crippen molar-refractivity contribution < 1.29 is 22.0 Å². The zero-order valence-electron chi connectivity index (χ0n) is 17.4. The quantitative estimate of drug-likeness (QED) is 0.712. The summed E-state index contributed by atoms with van der Waals surface area (Å²) >= 11 is 0. The minimum absolute atomic E-state index is 0.0473. The van der Waals surface area contributed by atoms with Crippen LogP contribution in [-0.2, 0) is 10.0 Å². The third-order valence-electron chi connectivity index (χ3n) is 7.09. The summed E-state index contributed by atoms with van der Waals surface area (Å²) in [5.41, 5.74) is 0.880. The number of likely N-dealkylation sites (tertiary alicyclic amines) is 1. The van der Waals surface area contributed by atoms with Gasteiger partial charge in [-0.15, -0.1) is 0 Å². The second-order valence-corrected chi connectivity index (χ2v) is 11.0. The third-order valence-corrected chi connectivity index (χ3v) is 9.13. The number of sulfonamides is 1. The molecule has 0 radical (unpaired) electrons. The number of halogens is 2. The molecule has 1 saturated carbocycles. The van der Waals surface area contributed by atoms with Crippen LogP contribution in [0, 0.1) is 18.8 Å². The molecule has 1 aromatic rings. The lowest BCUT2D eigenvalue weighted by molar-refractivity contribution is -0.0412. The molecule has 2 aliphatic heterocycles. The number of hydrogen-bond donors (Lipinski definition) is 0. The van der Waals surface area contributed by atoms with E-state index in [1.54, 1.807) is 19.1 Å². The zero-order valence-corrected chi connectivity index (χ0v) is 18.3. The SMILES string of the molecule is Cc1ccc(C(=O)N2CCC3CCCCC3C2)cc1S(=O)(=O)N1CCC(F)(F)CC1. The average Bonchev–Trinajstić information content (AvgIpc) is 2.73. The highest BCUT2D eigenvalue weighted by Crippen LogP contribution is 2.37. The minimum Gasteiger partial charge on any atom is -0.338 e. The Balaban J connectivity index is 1.53. The molecule has 3 fully saturated rings. The van der Waals surface area contributed by atoms with Gasteiger partial charge in [-0.25, -0.2) is 17.2 Å². The van der Waals surface area contributed by atoms with Crippen LogP contribution in [0.1, 0.15) is 60.9 Å². The van der Waals surface area contributed by atoms with Crippen molar-refractivity contribution in [1.82, 2.24) is 9.21 Å². The van der Waals surface area contributed by atoms with Crippen LogP contribution in [0.4, 0.5) is 8.78 Å². The second-order valence-electron chi connectivity index (χ2n) is 9.08. The van der Waals surface area contributed by atoms with Crippen molar-refractivity contribution >= 4 is 15.9 Å². The number of rotatable bonds is 3. The lowest BCUT2D eigenvalue weighted by Gasteiger charge is -2.41. The van der Waals surface area contributed by atoms with Gasteiger partial charge in [0.15, 0.2) is 0 Å². The van der Waals surface area contributed by atoms with Crippen LogP contribution in [0.3, 0.4) is 0 Å². The Labute approximate surface area is 177 Å². The Hall–Kier alpha value is -1.54. The summed E-state index contributed by atoms with van der Waals surface area (Å²) in [6.07, 6.45) is 4.95. The minimum atomic E-state index is -3.92. The largest absolute Gasteiger partial charge is 0.338 e. The van der Waals surface area contributed by atoms with Gasteiger partial charge in [-0.1, -0.05) is 25.3 Å². The van der Waals surface area contributed by atoms with Gasteiger partial charge in [0.1, 0.15) is 0 Å². The van der Waals surface area contributed by atoms with Gasteiger partial charge >= 0.3 is 0 Å². The Bertz CT molecular complexity index is 909. The highest BCUT2D eigenvalue weighted by molar-refractivity contribution is 7.89. The molecule has 2 atom stereocenters. The van der Waals surface area contributed by atoms with Crippen molar-refractivity contribution in [2.45, 2.75) is 62.7 Å². The van der Waals surface area contributed by atoms with Gasteiger partial charge in [-0.05, 0) is 49.3 Å². The zero-order chi connectivity index (χ0) is 21.5. The number of hydrogen-bond acceptors (Lipinski definition) is 3. The second kappa shape index (κ2) is 8.19. The molecule has 1 amide bonds. The number of carbonyl (C=O) groups excluding carboxylic acids is 1. The number of benzene rings is 1. The molecule has 2 unspecified atom stereocenters. The van der Waals surface area contributed by atoms with Gasteiger partial charge in [0, 0.05) is 44.6 Å². The van der Waals surface area contributed by atoms with Crippen LogP contribution in [0.25, 0.3) is 0 Å². The summed E-state index contributed by atoms with van der Waals surface area (Å²) in [5.74, 6) is -1.71. The standard InChI is InChI=1S/C22H30F2N2O3S/c1-16-6-7-18(21(27)25-11-8-17-4-2-3-5-19(17)15-25)14-20(16)30(28,29)26-12-9-22(23,24)10-13-26/h6-7,14,17,19H,2-5,8-13,15H2,1H3. The van der Waals surface area contributed by atoms with Gasteiger partial charge in [0.2, 0.25) is 10.0 Å². The van der Waals surface area contributed by atoms with Crippen molar-refractivity contribution in [2.75, 3.05) is 26.2 Å². The summed E-state index contributed by atoms with van der Waals surface area (Å²) in [6, 6.07) is 4.76. The van der Waals surface area contributed by atoms with Crippen LogP contribution in [0.2, 0.25) is 0 Å². The average molecular weight is 441 g/mol. The number of nitrogens with zero attached hydrogens (tertiary/aromatic N) is 2. The first kappa shape index (κ1) is 21.7. The molecule has 1 aliphatic carbocycles. The fraction of sp³-hybridized carbons (Fsp3) is 0.682. The van der Waals surface area contributed by atoms with Gasteiger partial charge in [-0.3, -0.25) is 4.79 Å². The first-order valence-corrected chi connectivity index (χ1v) is 12.4. The molecule has 2 saturated heterocycles. The molecule has 8 heteroatoms. The van der Waals surface area contributed by atoms with Crippen LogP contribution in [0.15, 0.2) is 23.1 Å². The van der Waals surface area contributed by atoms with Crippen molar-refractivity contribution in [3.05, 3.63) is 29.3 Å². The number of aryl methyl sites for hydroxylation is 1. The number of amides is 1. The van der Waals surface area contributed by atoms with E-state index in [1.165, 1.54) is 25.3 Å². The van der Waals surface area contributed by atoms with Crippen molar-refractivity contribution in [1.29, 1.82) is 0 Å². The van der Waals surface area contributed by atoms with Crippen molar-refractivity contribution in [3.63, 3.8) is 0 Å². The summed E-state index contributed by atoms with van der Waals surface area (Å²) in [6.45, 7) is 2.70. The molecule has 2 heterocycles. The number of carbonyl (C=O) groups is 1. The lowest BCUT2D eigenvalue weighted by atomic mass is 9.75. The van der Waals surface area contributed by atoms with E-state index in [0.29, 0.717) is 29.5 Å². The summed E-state index contributed by atoms with van der Waals surface area (Å²) in [4.78, 5) is 15.0. The number of alkyl halides is 2. The van der Waals surface area contributed by atoms with E-state index in [4.69, 9.17) is 0 Å². The molecule has 166 valence electrons. The van der Waals surface area contributed by atoms with E-state index < -0.39 is 28.8 Å². The first-order valence-electron chi connectivity index (χ1n) is 11.0. The molecule has 3 aliphatic rings. The predicted octanol–water partition coefficient (Wildman–Crippen LogP) is 4.07. The maximum absolute atomic E-state index is 13.5. The monoisotopic (exact) mass is 440 g/mol. The Kier molecular flexibility index (Phi) is 5.92. The Morgan fingerprint density at radius 2 is 1.70 bits per heavy atom. The summed E-state index contributed by atoms with van der Waals surface area (Å²) in [5, 5.41) is 0. The summed E-state index contributed by atoms with van der Waals surface area (Å²) in [7, 11) is -3.92. The molecule has 0 bridgehead atoms. The fourth-order valence-electron chi connectivity index (χ4n) is 5.17. The van der Waals surface area contributed by atoms with E-state index >= 15 is 0 Å². The van der Waals surface area contributed by atoms with E-state index in [1.807, 2.05) is 4.90 Å². The Morgan fingerprint density at radius 1 is 1.03 bits per heavy atom. The van der Waals surface area contributed by atoms with Crippen molar-refractivity contribution in [2.24, 2.45) is 11.8 Å². The first-order chi connectivity index (χ1) is 14.2. The van der Waals surface area contributed by atoms with Gasteiger partial charge in [0.25, 0.3) is 11.8 Å². The highest BCUT2D eigenvalue weighted by Gasteiger charge is 2.39. The van der Waals surface area contributed by atoms with E-state index in [-0.39, 0.29) is 23.9 Å². The molecule has 0 aromatic heterocycles. The van der Waals surface area contributed by atoms with Crippen molar-refractivity contribution in [3.8, 4) is 0 Å². The molecular weight excluding hydrogens is 410 g/mol. The van der Waals surface area contributed by atoms with E-state index in [9.17, 15) is 22.0 Å². The fourth-order valence-corrected chi connectivity index (χ4v) is 6.86. The predicted molar refractivity (Wildman–Crippen MR) is 110 cm³/mol. The van der Waals surface area contributed by atoms with Gasteiger partial charge < -0.3 is 4.90 Å². The number of piperidine rings is 2. The van der Waals surface area contributed by atoms with Gasteiger partial charge in [0.05, 0.1) is 4.90 Å². The van der Waals surface area contributed by atoms with E-state index in [2.05, 4.69) is 0 Å². The third kappa shape index (κ3) is 4.26. The topological polar surface area (TPSA) is 57.7 Å². The molecule has 5 nitrogen and oxygen atoms in total. The number of fused-ring (bicyclic) bond motifs is 1. The van der Waals surface area contributed by atoms with Crippen LogP contribution in [0.5, 0.6) is 0 Å². The van der Waals surface area contributed by atoms with Gasteiger partial charge in [-0.2, -0.15) is 4.31 Å². The Morgan fingerprint density at radius 3 is 2.40 bits per heavy atom. The molecule has 1 aromatic carbocycles. The summed E-state index contributed by atoms with van der Waals surface area (Å²) < 4.78 is 54.3. The normalized spacial score (nSPS) is 27.5. The molecule has 0 N–H and O–H groups in total.